The summed E-state index contributed by atoms with van der Waals surface area (Å²) in [5, 5.41) is 10.9. The molecular weight excluding hydrogens is 381 g/mol. The monoisotopic (exact) mass is 393 g/mol. The Hall–Kier alpha value is -0.800. The van der Waals surface area contributed by atoms with Crippen molar-refractivity contribution < 1.29 is 17.9 Å². The maximum absolute atomic E-state index is 13.8. The number of aliphatic hydroxyl groups excluding tert-OH is 1. The van der Waals surface area contributed by atoms with Crippen LogP contribution >= 0.6 is 27.3 Å². The van der Waals surface area contributed by atoms with Crippen LogP contribution in [0.4, 0.5) is 4.39 Å². The van der Waals surface area contributed by atoms with E-state index in [-0.39, 0.29) is 13.2 Å². The highest BCUT2D eigenvalue weighted by atomic mass is 79.9. The molecule has 0 aliphatic carbocycles. The lowest BCUT2D eigenvalue weighted by Crippen LogP contribution is -2.27. The fourth-order valence-electron chi connectivity index (χ4n) is 1.75. The second-order valence-corrected chi connectivity index (χ2v) is 8.34. The molecule has 0 unspecified atom stereocenters. The lowest BCUT2D eigenvalue weighted by molar-refractivity contribution is 0.281. The van der Waals surface area contributed by atoms with Crippen molar-refractivity contribution in [2.45, 2.75) is 18.0 Å². The molecule has 2 rings (SSSR count). The minimum atomic E-state index is -3.95. The SMILES string of the molecule is CN(Cc1cc(Br)cs1)S(=O)(=O)c1cc(CO)ccc1F. The number of aliphatic hydroxyl groups is 1. The van der Waals surface area contributed by atoms with Crippen LogP contribution < -0.4 is 0 Å². The van der Waals surface area contributed by atoms with E-state index in [0.717, 1.165) is 25.8 Å². The standard InChI is InChI=1S/C13H13BrFNO3S2/c1-16(6-11-5-10(14)8-20-11)21(18,19)13-4-9(7-17)2-3-12(13)15/h2-5,8,17H,6-7H2,1H3. The van der Waals surface area contributed by atoms with Gasteiger partial charge in [0.2, 0.25) is 10.0 Å². The minimum Gasteiger partial charge on any atom is -0.392 e. The number of hydrogen-bond acceptors (Lipinski definition) is 4. The average Bonchev–Trinajstić information content (AvgIpc) is 2.84. The summed E-state index contributed by atoms with van der Waals surface area (Å²) >= 11 is 4.72. The third-order valence-electron chi connectivity index (χ3n) is 2.87. The van der Waals surface area contributed by atoms with Crippen LogP contribution in [-0.4, -0.2) is 24.9 Å². The first-order valence-corrected chi connectivity index (χ1v) is 9.04. The van der Waals surface area contributed by atoms with Gasteiger partial charge in [0.25, 0.3) is 0 Å². The molecule has 0 saturated heterocycles. The van der Waals surface area contributed by atoms with Crippen molar-refractivity contribution in [3.63, 3.8) is 0 Å². The first kappa shape index (κ1) is 16.6. The van der Waals surface area contributed by atoms with E-state index in [1.54, 1.807) is 0 Å². The largest absolute Gasteiger partial charge is 0.392 e. The summed E-state index contributed by atoms with van der Waals surface area (Å²) in [5.74, 6) is -0.827. The van der Waals surface area contributed by atoms with E-state index in [0.29, 0.717) is 5.56 Å². The molecule has 8 heteroatoms. The van der Waals surface area contributed by atoms with Crippen molar-refractivity contribution in [2.24, 2.45) is 0 Å². The van der Waals surface area contributed by atoms with E-state index < -0.39 is 20.7 Å². The Morgan fingerprint density at radius 2 is 2.10 bits per heavy atom. The first-order chi connectivity index (χ1) is 9.84. The van der Waals surface area contributed by atoms with Crippen LogP contribution in [-0.2, 0) is 23.2 Å². The predicted molar refractivity (Wildman–Crippen MR) is 83.0 cm³/mol. The number of sulfonamides is 1. The number of hydrogen-bond donors (Lipinski definition) is 1. The summed E-state index contributed by atoms with van der Waals surface area (Å²) in [7, 11) is -2.56. The molecule has 1 aromatic carbocycles. The smallest absolute Gasteiger partial charge is 0.246 e. The molecule has 0 saturated carbocycles. The van der Waals surface area contributed by atoms with Crippen molar-refractivity contribution in [1.82, 2.24) is 4.31 Å². The number of benzene rings is 1. The van der Waals surface area contributed by atoms with Gasteiger partial charge in [-0.15, -0.1) is 11.3 Å². The molecule has 1 heterocycles. The van der Waals surface area contributed by atoms with Gasteiger partial charge >= 0.3 is 0 Å². The molecule has 0 bridgehead atoms. The van der Waals surface area contributed by atoms with Crippen molar-refractivity contribution in [2.75, 3.05) is 7.05 Å². The first-order valence-electron chi connectivity index (χ1n) is 5.93. The van der Waals surface area contributed by atoms with Crippen LogP contribution in [0, 0.1) is 5.82 Å². The Labute approximate surface area is 135 Å². The van der Waals surface area contributed by atoms with Crippen molar-refractivity contribution in [3.05, 3.63) is 50.4 Å². The second kappa shape index (κ2) is 6.53. The van der Waals surface area contributed by atoms with Gasteiger partial charge in [-0.05, 0) is 39.7 Å². The van der Waals surface area contributed by atoms with Crippen LogP contribution in [0.2, 0.25) is 0 Å². The molecule has 0 aliphatic heterocycles. The number of halogens is 2. The highest BCUT2D eigenvalue weighted by molar-refractivity contribution is 9.10. The van der Waals surface area contributed by atoms with Crippen LogP contribution in [0.15, 0.2) is 39.0 Å². The Kier molecular flexibility index (Phi) is 5.15. The molecule has 0 spiro atoms. The van der Waals surface area contributed by atoms with Gasteiger partial charge in [0.05, 0.1) is 6.61 Å². The molecule has 0 atom stereocenters. The van der Waals surface area contributed by atoms with Gasteiger partial charge in [-0.25, -0.2) is 12.8 Å². The minimum absolute atomic E-state index is 0.154. The van der Waals surface area contributed by atoms with Crippen LogP contribution in [0.3, 0.4) is 0 Å². The quantitative estimate of drug-likeness (QED) is 0.849. The third kappa shape index (κ3) is 3.70. The van der Waals surface area contributed by atoms with Crippen LogP contribution in [0.5, 0.6) is 0 Å². The van der Waals surface area contributed by atoms with E-state index in [9.17, 15) is 12.8 Å². The predicted octanol–water partition coefficient (Wildman–Crippen LogP) is 2.96. The van der Waals surface area contributed by atoms with E-state index in [1.807, 2.05) is 11.4 Å². The van der Waals surface area contributed by atoms with E-state index in [2.05, 4.69) is 15.9 Å². The summed E-state index contributed by atoms with van der Waals surface area (Å²) < 4.78 is 40.6. The Morgan fingerprint density at radius 3 is 2.67 bits per heavy atom. The Morgan fingerprint density at radius 1 is 1.38 bits per heavy atom. The lowest BCUT2D eigenvalue weighted by Gasteiger charge is -2.17. The van der Waals surface area contributed by atoms with E-state index >= 15 is 0 Å². The molecular formula is C13H13BrFNO3S2. The molecule has 1 aromatic heterocycles. The molecule has 2 aromatic rings. The second-order valence-electron chi connectivity index (χ2n) is 4.42. The van der Waals surface area contributed by atoms with E-state index in [4.69, 9.17) is 5.11 Å². The molecule has 1 N–H and O–H groups in total. The van der Waals surface area contributed by atoms with Crippen molar-refractivity contribution in [3.8, 4) is 0 Å². The molecule has 0 amide bonds. The zero-order chi connectivity index (χ0) is 15.6. The van der Waals surface area contributed by atoms with Crippen molar-refractivity contribution >= 4 is 37.3 Å². The third-order valence-corrected chi connectivity index (χ3v) is 6.37. The average molecular weight is 394 g/mol. The Balaban J connectivity index is 2.32. The van der Waals surface area contributed by atoms with Gasteiger partial charge in [0, 0.05) is 28.3 Å². The maximum Gasteiger partial charge on any atom is 0.246 e. The number of rotatable bonds is 5. The van der Waals surface area contributed by atoms with Crippen LogP contribution in [0.1, 0.15) is 10.4 Å². The molecule has 0 radical (unpaired) electrons. The molecule has 114 valence electrons. The fourth-order valence-corrected chi connectivity index (χ4v) is 4.60. The van der Waals surface area contributed by atoms with Gasteiger partial charge in [-0.1, -0.05) is 6.07 Å². The number of thiophene rings is 1. The van der Waals surface area contributed by atoms with Gasteiger partial charge in [-0.2, -0.15) is 4.31 Å². The Bertz CT molecular complexity index is 746. The normalized spacial score (nSPS) is 12.0. The lowest BCUT2D eigenvalue weighted by atomic mass is 10.2. The van der Waals surface area contributed by atoms with Crippen molar-refractivity contribution in [1.29, 1.82) is 0 Å². The molecule has 4 nitrogen and oxygen atoms in total. The summed E-state index contributed by atoms with van der Waals surface area (Å²) in [6, 6.07) is 5.38. The van der Waals surface area contributed by atoms with Gasteiger partial charge in [-0.3, -0.25) is 0 Å². The summed E-state index contributed by atoms with van der Waals surface area (Å²) in [6.07, 6.45) is 0. The zero-order valence-corrected chi connectivity index (χ0v) is 14.3. The summed E-state index contributed by atoms with van der Waals surface area (Å²) in [4.78, 5) is 0.416. The summed E-state index contributed by atoms with van der Waals surface area (Å²) in [6.45, 7) is -0.189. The fraction of sp³-hybridized carbons (Fsp3) is 0.231. The molecule has 21 heavy (non-hydrogen) atoms. The zero-order valence-electron chi connectivity index (χ0n) is 11.1. The topological polar surface area (TPSA) is 57.6 Å². The van der Waals surface area contributed by atoms with Gasteiger partial charge in [0.1, 0.15) is 10.7 Å². The van der Waals surface area contributed by atoms with Crippen LogP contribution in [0.25, 0.3) is 0 Å². The van der Waals surface area contributed by atoms with E-state index in [1.165, 1.54) is 24.5 Å². The molecule has 0 fully saturated rings. The van der Waals surface area contributed by atoms with Gasteiger partial charge < -0.3 is 5.11 Å². The highest BCUT2D eigenvalue weighted by Crippen LogP contribution is 2.25. The van der Waals surface area contributed by atoms with Gasteiger partial charge in [0.15, 0.2) is 0 Å². The maximum atomic E-state index is 13.8. The molecule has 0 aliphatic rings. The highest BCUT2D eigenvalue weighted by Gasteiger charge is 2.25. The number of nitrogens with zero attached hydrogens (tertiary/aromatic N) is 1. The summed E-state index contributed by atoms with van der Waals surface area (Å²) in [5.41, 5.74) is 0.349.